The van der Waals surface area contributed by atoms with Crippen LogP contribution in [-0.2, 0) is 0 Å². The molecule has 0 saturated heterocycles. The smallest absolute Gasteiger partial charge is 0.166 e. The molecule has 0 aliphatic rings. The second kappa shape index (κ2) is 4.92. The van der Waals surface area contributed by atoms with Gasteiger partial charge in [-0.25, -0.2) is 4.39 Å². The fraction of sp³-hybridized carbons (Fsp3) is 0.400. The highest BCUT2D eigenvalue weighted by molar-refractivity contribution is 9.10. The lowest BCUT2D eigenvalue weighted by Gasteiger charge is -2.17. The summed E-state index contributed by atoms with van der Waals surface area (Å²) in [5, 5.41) is 9.68. The Bertz CT molecular complexity index is 371. The molecule has 1 unspecified atom stereocenters. The van der Waals surface area contributed by atoms with Crippen LogP contribution >= 0.6 is 15.9 Å². The van der Waals surface area contributed by atoms with Crippen molar-refractivity contribution in [3.8, 4) is 5.75 Å². The van der Waals surface area contributed by atoms with Crippen molar-refractivity contribution in [1.82, 2.24) is 0 Å². The summed E-state index contributed by atoms with van der Waals surface area (Å²) >= 11 is 3.21. The van der Waals surface area contributed by atoms with Gasteiger partial charge in [0.25, 0.3) is 0 Å². The summed E-state index contributed by atoms with van der Waals surface area (Å²) in [6.45, 7) is 1.79. The third-order valence-corrected chi connectivity index (χ3v) is 3.06. The second-order valence-electron chi connectivity index (χ2n) is 3.16. The van der Waals surface area contributed by atoms with Gasteiger partial charge in [-0.1, -0.05) is 15.9 Å². The Kier molecular flexibility index (Phi) is 4.07. The number of halogens is 2. The highest BCUT2D eigenvalue weighted by Gasteiger charge is 2.20. The van der Waals surface area contributed by atoms with E-state index in [0.717, 1.165) is 5.56 Å². The van der Waals surface area contributed by atoms with Gasteiger partial charge in [0.15, 0.2) is 11.6 Å². The van der Waals surface area contributed by atoms with E-state index in [1.165, 1.54) is 13.2 Å². The minimum absolute atomic E-state index is 0.0209. The van der Waals surface area contributed by atoms with Gasteiger partial charge in [0.1, 0.15) is 0 Å². The zero-order chi connectivity index (χ0) is 11.6. The molecule has 1 aromatic carbocycles. The maximum atomic E-state index is 13.5. The van der Waals surface area contributed by atoms with Crippen molar-refractivity contribution in [3.05, 3.63) is 27.5 Å². The van der Waals surface area contributed by atoms with Gasteiger partial charge in [0.2, 0.25) is 0 Å². The lowest BCUT2D eigenvalue weighted by Crippen LogP contribution is -2.15. The molecule has 0 aliphatic carbocycles. The molecule has 0 aromatic heterocycles. The summed E-state index contributed by atoms with van der Waals surface area (Å²) < 4.78 is 19.0. The number of ether oxygens (including phenoxy) is 1. The van der Waals surface area contributed by atoms with Gasteiger partial charge in [-0.3, -0.25) is 0 Å². The van der Waals surface area contributed by atoms with Crippen LogP contribution in [0.15, 0.2) is 10.5 Å². The maximum Gasteiger partial charge on any atom is 0.166 e. The molecule has 0 spiro atoms. The number of nitrogens with two attached hydrogens (primary N) is 1. The molecule has 5 heteroatoms. The number of hydrogen-bond donors (Lipinski definition) is 2. The fourth-order valence-electron chi connectivity index (χ4n) is 1.44. The standard InChI is InChI=1S/C10H13BrFNO2/c1-5-6(11)3-7(12)10(15-2)9(5)8(14)4-13/h3,8,14H,4,13H2,1-2H3. The molecule has 0 bridgehead atoms. The maximum absolute atomic E-state index is 13.5. The van der Waals surface area contributed by atoms with Crippen molar-refractivity contribution < 1.29 is 14.2 Å². The summed E-state index contributed by atoms with van der Waals surface area (Å²) in [4.78, 5) is 0. The van der Waals surface area contributed by atoms with E-state index < -0.39 is 11.9 Å². The van der Waals surface area contributed by atoms with Crippen LogP contribution in [0.1, 0.15) is 17.2 Å². The third kappa shape index (κ3) is 2.30. The van der Waals surface area contributed by atoms with E-state index >= 15 is 0 Å². The minimum Gasteiger partial charge on any atom is -0.493 e. The lowest BCUT2D eigenvalue weighted by molar-refractivity contribution is 0.180. The van der Waals surface area contributed by atoms with Crippen LogP contribution in [0.4, 0.5) is 4.39 Å². The number of methoxy groups -OCH3 is 1. The first-order chi connectivity index (χ1) is 7.02. The molecule has 0 aliphatic heterocycles. The van der Waals surface area contributed by atoms with Gasteiger partial charge >= 0.3 is 0 Å². The molecule has 0 saturated carbocycles. The molecular weight excluding hydrogens is 265 g/mol. The molecule has 0 heterocycles. The lowest BCUT2D eigenvalue weighted by atomic mass is 10.0. The number of hydrogen-bond acceptors (Lipinski definition) is 3. The van der Waals surface area contributed by atoms with E-state index in [9.17, 15) is 9.50 Å². The number of aliphatic hydroxyl groups is 1. The highest BCUT2D eigenvalue weighted by Crippen LogP contribution is 2.35. The molecule has 84 valence electrons. The van der Waals surface area contributed by atoms with Crippen molar-refractivity contribution in [3.63, 3.8) is 0 Å². The zero-order valence-corrected chi connectivity index (χ0v) is 10.1. The second-order valence-corrected chi connectivity index (χ2v) is 4.02. The number of rotatable bonds is 3. The van der Waals surface area contributed by atoms with Crippen molar-refractivity contribution in [2.45, 2.75) is 13.0 Å². The predicted molar refractivity (Wildman–Crippen MR) is 59.4 cm³/mol. The van der Waals surface area contributed by atoms with Gasteiger partial charge in [-0.15, -0.1) is 0 Å². The Hall–Kier alpha value is -0.650. The SMILES string of the molecule is COc1c(F)cc(Br)c(C)c1C(O)CN. The highest BCUT2D eigenvalue weighted by atomic mass is 79.9. The molecule has 3 nitrogen and oxygen atoms in total. The van der Waals surface area contributed by atoms with Crippen LogP contribution in [0.2, 0.25) is 0 Å². The molecule has 1 aromatic rings. The Labute approximate surface area is 96.2 Å². The van der Waals surface area contributed by atoms with Gasteiger partial charge in [0, 0.05) is 16.6 Å². The topological polar surface area (TPSA) is 55.5 Å². The van der Waals surface area contributed by atoms with Crippen molar-refractivity contribution in [2.24, 2.45) is 5.73 Å². The Morgan fingerprint density at radius 3 is 2.73 bits per heavy atom. The average molecular weight is 278 g/mol. The van der Waals surface area contributed by atoms with E-state index in [0.29, 0.717) is 10.0 Å². The predicted octanol–water partition coefficient (Wildman–Crippen LogP) is 1.90. The van der Waals surface area contributed by atoms with Crippen LogP contribution in [0.25, 0.3) is 0 Å². The largest absolute Gasteiger partial charge is 0.493 e. The van der Waals surface area contributed by atoms with Gasteiger partial charge in [-0.05, 0) is 18.6 Å². The van der Waals surface area contributed by atoms with E-state index in [4.69, 9.17) is 10.5 Å². The Balaban J connectivity index is 3.43. The molecule has 1 atom stereocenters. The third-order valence-electron chi connectivity index (χ3n) is 2.24. The Morgan fingerprint density at radius 2 is 2.27 bits per heavy atom. The number of aliphatic hydroxyl groups excluding tert-OH is 1. The molecular formula is C10H13BrFNO2. The summed E-state index contributed by atoms with van der Waals surface area (Å²) in [6.07, 6.45) is -0.924. The van der Waals surface area contributed by atoms with Crippen molar-refractivity contribution in [2.75, 3.05) is 13.7 Å². The summed E-state index contributed by atoms with van der Waals surface area (Å²) in [7, 11) is 1.36. The van der Waals surface area contributed by atoms with Crippen LogP contribution < -0.4 is 10.5 Å². The fourth-order valence-corrected chi connectivity index (χ4v) is 1.85. The summed E-state index contributed by atoms with van der Waals surface area (Å²) in [5.41, 5.74) is 6.48. The molecule has 0 amide bonds. The first kappa shape index (κ1) is 12.4. The normalized spacial score (nSPS) is 12.7. The minimum atomic E-state index is -0.924. The van der Waals surface area contributed by atoms with Gasteiger partial charge in [-0.2, -0.15) is 0 Å². The summed E-state index contributed by atoms with van der Waals surface area (Å²) in [5.74, 6) is -0.467. The van der Waals surface area contributed by atoms with E-state index in [1.54, 1.807) is 6.92 Å². The van der Waals surface area contributed by atoms with Crippen LogP contribution in [0.3, 0.4) is 0 Å². The average Bonchev–Trinajstić information content (AvgIpc) is 2.21. The molecule has 3 N–H and O–H groups in total. The van der Waals surface area contributed by atoms with Crippen LogP contribution in [0.5, 0.6) is 5.75 Å². The zero-order valence-electron chi connectivity index (χ0n) is 8.55. The first-order valence-electron chi connectivity index (χ1n) is 4.43. The molecule has 15 heavy (non-hydrogen) atoms. The quantitative estimate of drug-likeness (QED) is 0.887. The van der Waals surface area contributed by atoms with E-state index in [2.05, 4.69) is 15.9 Å². The van der Waals surface area contributed by atoms with Crippen molar-refractivity contribution >= 4 is 15.9 Å². The summed E-state index contributed by atoms with van der Waals surface area (Å²) in [6, 6.07) is 1.31. The molecule has 1 rings (SSSR count). The van der Waals surface area contributed by atoms with Gasteiger partial charge in [0.05, 0.1) is 13.2 Å². The van der Waals surface area contributed by atoms with Crippen molar-refractivity contribution in [1.29, 1.82) is 0 Å². The van der Waals surface area contributed by atoms with Crippen LogP contribution in [0, 0.1) is 12.7 Å². The molecule has 0 fully saturated rings. The van der Waals surface area contributed by atoms with E-state index in [1.807, 2.05) is 0 Å². The van der Waals surface area contributed by atoms with Gasteiger partial charge < -0.3 is 15.6 Å². The van der Waals surface area contributed by atoms with Crippen LogP contribution in [-0.4, -0.2) is 18.8 Å². The monoisotopic (exact) mass is 277 g/mol. The number of benzene rings is 1. The van der Waals surface area contributed by atoms with E-state index in [-0.39, 0.29) is 12.3 Å². The Morgan fingerprint density at radius 1 is 1.67 bits per heavy atom. The molecule has 0 radical (unpaired) electrons. The first-order valence-corrected chi connectivity index (χ1v) is 5.22.